The molecule has 18 heavy (non-hydrogen) atoms. The number of nitrogens with zero attached hydrogens (tertiary/aromatic N) is 1. The van der Waals surface area contributed by atoms with Crippen LogP contribution in [0.4, 0.5) is 5.13 Å². The van der Waals surface area contributed by atoms with Gasteiger partial charge in [-0.2, -0.15) is 0 Å². The Morgan fingerprint density at radius 3 is 2.78 bits per heavy atom. The van der Waals surface area contributed by atoms with Gasteiger partial charge < -0.3 is 5.32 Å². The molecule has 1 aromatic rings. The summed E-state index contributed by atoms with van der Waals surface area (Å²) in [5, 5.41) is 5.10. The van der Waals surface area contributed by atoms with Crippen molar-refractivity contribution in [3.8, 4) is 0 Å². The lowest BCUT2D eigenvalue weighted by molar-refractivity contribution is -0.121. The number of Topliss-reactive ketones (excluding diaryl/α,β-unsaturated/α-hetero) is 1. The summed E-state index contributed by atoms with van der Waals surface area (Å²) in [5.41, 5.74) is 0.434. The van der Waals surface area contributed by atoms with Gasteiger partial charge in [0.2, 0.25) is 5.91 Å². The highest BCUT2D eigenvalue weighted by Gasteiger charge is 2.43. The Morgan fingerprint density at radius 1 is 1.39 bits per heavy atom. The fourth-order valence-electron chi connectivity index (χ4n) is 3.26. The predicted molar refractivity (Wildman–Crippen MR) is 69.7 cm³/mol. The number of thiazole rings is 1. The molecule has 3 rings (SSSR count). The first-order valence-electron chi connectivity index (χ1n) is 6.41. The summed E-state index contributed by atoms with van der Waals surface area (Å²) in [4.78, 5) is 27.4. The molecule has 3 unspecified atom stereocenters. The number of hydrogen-bond donors (Lipinski definition) is 1. The average Bonchev–Trinajstić information content (AvgIpc) is 3.03. The van der Waals surface area contributed by atoms with Gasteiger partial charge in [-0.05, 0) is 31.1 Å². The number of carbonyl (C=O) groups is 2. The van der Waals surface area contributed by atoms with Crippen molar-refractivity contribution in [2.24, 2.45) is 17.8 Å². The van der Waals surface area contributed by atoms with E-state index in [-0.39, 0.29) is 17.6 Å². The molecule has 1 amide bonds. The third-order valence-electron chi connectivity index (χ3n) is 4.17. The molecule has 2 fully saturated rings. The van der Waals surface area contributed by atoms with Crippen LogP contribution in [0, 0.1) is 17.8 Å². The number of nitrogens with one attached hydrogen (secondary N) is 1. The van der Waals surface area contributed by atoms with Crippen LogP contribution in [-0.4, -0.2) is 16.7 Å². The zero-order valence-electron chi connectivity index (χ0n) is 10.3. The monoisotopic (exact) mass is 264 g/mol. The van der Waals surface area contributed by atoms with Crippen molar-refractivity contribution in [1.29, 1.82) is 0 Å². The second kappa shape index (κ2) is 4.46. The molecule has 0 saturated heterocycles. The summed E-state index contributed by atoms with van der Waals surface area (Å²) in [7, 11) is 0. The van der Waals surface area contributed by atoms with E-state index in [1.54, 1.807) is 5.38 Å². The van der Waals surface area contributed by atoms with E-state index in [1.165, 1.54) is 37.5 Å². The van der Waals surface area contributed by atoms with E-state index in [2.05, 4.69) is 10.3 Å². The standard InChI is InChI=1S/C13H16N2O2S/c1-7(16)11-6-18-13(14-11)15-12(17)10-5-8-2-3-9(10)4-8/h6,8-10H,2-5H2,1H3,(H,14,15,17). The lowest BCUT2D eigenvalue weighted by Gasteiger charge is -2.19. The number of ketones is 1. The van der Waals surface area contributed by atoms with Gasteiger partial charge in [-0.15, -0.1) is 11.3 Å². The van der Waals surface area contributed by atoms with Crippen molar-refractivity contribution in [1.82, 2.24) is 4.98 Å². The molecule has 5 heteroatoms. The molecule has 96 valence electrons. The Bertz CT molecular complexity index is 497. The van der Waals surface area contributed by atoms with Crippen molar-refractivity contribution in [3.63, 3.8) is 0 Å². The highest BCUT2D eigenvalue weighted by atomic mass is 32.1. The predicted octanol–water partition coefficient (Wildman–Crippen LogP) is 2.72. The number of aromatic nitrogens is 1. The number of hydrogen-bond acceptors (Lipinski definition) is 4. The molecular weight excluding hydrogens is 248 g/mol. The molecule has 0 aliphatic heterocycles. The molecule has 2 bridgehead atoms. The van der Waals surface area contributed by atoms with E-state index < -0.39 is 0 Å². The Labute approximate surface area is 110 Å². The second-order valence-corrected chi connectivity index (χ2v) is 6.22. The van der Waals surface area contributed by atoms with Crippen LogP contribution in [0.15, 0.2) is 5.38 Å². The highest BCUT2D eigenvalue weighted by molar-refractivity contribution is 7.14. The van der Waals surface area contributed by atoms with Crippen LogP contribution >= 0.6 is 11.3 Å². The van der Waals surface area contributed by atoms with Gasteiger partial charge in [0.05, 0.1) is 0 Å². The second-order valence-electron chi connectivity index (χ2n) is 5.36. The summed E-state index contributed by atoms with van der Waals surface area (Å²) >= 11 is 1.32. The molecule has 0 aromatic carbocycles. The van der Waals surface area contributed by atoms with Crippen molar-refractivity contribution in [2.45, 2.75) is 32.6 Å². The van der Waals surface area contributed by atoms with E-state index in [9.17, 15) is 9.59 Å². The first-order chi connectivity index (χ1) is 8.63. The van der Waals surface area contributed by atoms with Crippen molar-refractivity contribution < 1.29 is 9.59 Å². The Kier molecular flexibility index (Phi) is 2.93. The lowest BCUT2D eigenvalue weighted by Crippen LogP contribution is -2.27. The van der Waals surface area contributed by atoms with Gasteiger partial charge in [-0.3, -0.25) is 9.59 Å². The average molecular weight is 264 g/mol. The maximum absolute atomic E-state index is 12.2. The summed E-state index contributed by atoms with van der Waals surface area (Å²) in [5.74, 6) is 1.52. The third-order valence-corrected chi connectivity index (χ3v) is 4.93. The van der Waals surface area contributed by atoms with Gasteiger partial charge in [-0.1, -0.05) is 6.42 Å². The molecule has 4 nitrogen and oxygen atoms in total. The molecule has 2 aliphatic carbocycles. The van der Waals surface area contributed by atoms with Crippen LogP contribution in [-0.2, 0) is 4.79 Å². The summed E-state index contributed by atoms with van der Waals surface area (Å²) in [6, 6.07) is 0. The van der Waals surface area contributed by atoms with Crippen molar-refractivity contribution >= 4 is 28.2 Å². The van der Waals surface area contributed by atoms with E-state index in [1.807, 2.05) is 0 Å². The minimum atomic E-state index is -0.0633. The summed E-state index contributed by atoms with van der Waals surface area (Å²) in [6.45, 7) is 1.48. The van der Waals surface area contributed by atoms with Crippen LogP contribution < -0.4 is 5.32 Å². The third kappa shape index (κ3) is 2.07. The van der Waals surface area contributed by atoms with Crippen LogP contribution in [0.3, 0.4) is 0 Å². The fraction of sp³-hybridized carbons (Fsp3) is 0.615. The molecule has 1 heterocycles. The Balaban J connectivity index is 1.65. The number of amides is 1. The van der Waals surface area contributed by atoms with E-state index in [0.29, 0.717) is 16.7 Å². The molecule has 0 spiro atoms. The lowest BCUT2D eigenvalue weighted by atomic mass is 9.88. The Hall–Kier alpha value is -1.23. The normalized spacial score (nSPS) is 29.5. The Morgan fingerprint density at radius 2 is 2.22 bits per heavy atom. The number of rotatable bonds is 3. The first-order valence-corrected chi connectivity index (χ1v) is 7.29. The minimum Gasteiger partial charge on any atom is -0.302 e. The fourth-order valence-corrected chi connectivity index (χ4v) is 4.01. The quantitative estimate of drug-likeness (QED) is 0.854. The van der Waals surface area contributed by atoms with Crippen LogP contribution in [0.25, 0.3) is 0 Å². The van der Waals surface area contributed by atoms with Gasteiger partial charge in [0.1, 0.15) is 5.69 Å². The van der Waals surface area contributed by atoms with Gasteiger partial charge in [0, 0.05) is 18.2 Å². The number of anilines is 1. The zero-order chi connectivity index (χ0) is 12.7. The highest BCUT2D eigenvalue weighted by Crippen LogP contribution is 2.48. The van der Waals surface area contributed by atoms with E-state index in [0.717, 1.165) is 12.3 Å². The van der Waals surface area contributed by atoms with Crippen molar-refractivity contribution in [3.05, 3.63) is 11.1 Å². The smallest absolute Gasteiger partial charge is 0.229 e. The molecule has 2 saturated carbocycles. The zero-order valence-corrected chi connectivity index (χ0v) is 11.1. The molecular formula is C13H16N2O2S. The number of carbonyl (C=O) groups excluding carboxylic acids is 2. The van der Waals surface area contributed by atoms with Crippen LogP contribution in [0.1, 0.15) is 43.1 Å². The summed E-state index contributed by atoms with van der Waals surface area (Å²) in [6.07, 6.45) is 4.73. The number of fused-ring (bicyclic) bond motifs is 2. The molecule has 1 aromatic heterocycles. The maximum Gasteiger partial charge on any atom is 0.229 e. The van der Waals surface area contributed by atoms with Crippen molar-refractivity contribution in [2.75, 3.05) is 5.32 Å². The maximum atomic E-state index is 12.2. The minimum absolute atomic E-state index is 0.0633. The van der Waals surface area contributed by atoms with Gasteiger partial charge in [0.25, 0.3) is 0 Å². The van der Waals surface area contributed by atoms with Gasteiger partial charge >= 0.3 is 0 Å². The SMILES string of the molecule is CC(=O)c1csc(NC(=O)C2CC3CCC2C3)n1. The van der Waals surface area contributed by atoms with E-state index >= 15 is 0 Å². The van der Waals surface area contributed by atoms with Crippen LogP contribution in [0.2, 0.25) is 0 Å². The topological polar surface area (TPSA) is 59.1 Å². The first kappa shape index (κ1) is 11.8. The van der Waals surface area contributed by atoms with Gasteiger partial charge in [0.15, 0.2) is 10.9 Å². The van der Waals surface area contributed by atoms with Gasteiger partial charge in [-0.25, -0.2) is 4.98 Å². The molecule has 3 atom stereocenters. The molecule has 2 aliphatic rings. The van der Waals surface area contributed by atoms with E-state index in [4.69, 9.17) is 0 Å². The van der Waals surface area contributed by atoms with Crippen LogP contribution in [0.5, 0.6) is 0 Å². The molecule has 0 radical (unpaired) electrons. The summed E-state index contributed by atoms with van der Waals surface area (Å²) < 4.78 is 0. The molecule has 1 N–H and O–H groups in total. The largest absolute Gasteiger partial charge is 0.302 e.